The van der Waals surface area contributed by atoms with Gasteiger partial charge in [-0.05, 0) is 53.4 Å². The van der Waals surface area contributed by atoms with Gasteiger partial charge in [0, 0.05) is 5.33 Å². The van der Waals surface area contributed by atoms with Crippen LogP contribution in [0.5, 0.6) is 0 Å². The summed E-state index contributed by atoms with van der Waals surface area (Å²) in [6.07, 6.45) is 4.12. The highest BCUT2D eigenvalue weighted by Crippen LogP contribution is 2.18. The summed E-state index contributed by atoms with van der Waals surface area (Å²) in [4.78, 5) is 0. The molecule has 1 rings (SSSR count). The highest BCUT2D eigenvalue weighted by atomic mass is 79.9. The third-order valence-electron chi connectivity index (χ3n) is 2.07. The van der Waals surface area contributed by atoms with Crippen molar-refractivity contribution in [2.45, 2.75) is 19.8 Å². The van der Waals surface area contributed by atoms with Gasteiger partial charge >= 0.3 is 0 Å². The van der Waals surface area contributed by atoms with Crippen LogP contribution >= 0.6 is 31.9 Å². The number of hydrogen-bond donors (Lipinski definition) is 0. The summed E-state index contributed by atoms with van der Waals surface area (Å²) in [6, 6.07) is 5.16. The van der Waals surface area contributed by atoms with Crippen LogP contribution < -0.4 is 0 Å². The van der Waals surface area contributed by atoms with Gasteiger partial charge in [0.05, 0.1) is 4.47 Å². The quantitative estimate of drug-likeness (QED) is 0.544. The Hall–Kier alpha value is -0.150. The van der Waals surface area contributed by atoms with Crippen LogP contribution in [0.25, 0.3) is 0 Å². The lowest BCUT2D eigenvalue weighted by Crippen LogP contribution is -1.89. The number of allylic oxidation sites excluding steroid dienone is 2. The minimum Gasteiger partial charge on any atom is -0.206 e. The molecule has 0 saturated carbocycles. The van der Waals surface area contributed by atoms with Crippen LogP contribution in [0, 0.1) is 5.82 Å². The average molecular weight is 336 g/mol. The Morgan fingerprint density at radius 3 is 2.80 bits per heavy atom. The van der Waals surface area contributed by atoms with E-state index in [0.717, 1.165) is 23.7 Å². The average Bonchev–Trinajstić information content (AvgIpc) is 2.20. The first-order valence-electron chi connectivity index (χ1n) is 4.79. The number of alkyl halides is 1. The molecule has 0 aliphatic carbocycles. The fourth-order valence-corrected chi connectivity index (χ4v) is 2.00. The summed E-state index contributed by atoms with van der Waals surface area (Å²) in [5.41, 5.74) is 2.44. The molecule has 0 heterocycles. The number of rotatable bonds is 4. The second-order valence-corrected chi connectivity index (χ2v) is 5.10. The summed E-state index contributed by atoms with van der Waals surface area (Å²) >= 11 is 6.57. The van der Waals surface area contributed by atoms with Crippen LogP contribution in [0.4, 0.5) is 4.39 Å². The molecule has 0 spiro atoms. The molecular formula is C12H13Br2F. The first-order chi connectivity index (χ1) is 7.13. The predicted octanol–water partition coefficient (Wildman–Crippen LogP) is 4.86. The van der Waals surface area contributed by atoms with Crippen molar-refractivity contribution >= 4 is 31.9 Å². The normalized spacial score (nSPS) is 11.9. The third kappa shape index (κ3) is 4.47. The lowest BCUT2D eigenvalue weighted by atomic mass is 10.1. The highest BCUT2D eigenvalue weighted by molar-refractivity contribution is 9.10. The topological polar surface area (TPSA) is 0 Å². The number of halogens is 3. The second kappa shape index (κ2) is 6.44. The van der Waals surface area contributed by atoms with E-state index in [9.17, 15) is 4.39 Å². The van der Waals surface area contributed by atoms with E-state index >= 15 is 0 Å². The minimum absolute atomic E-state index is 0.208. The van der Waals surface area contributed by atoms with Crippen molar-refractivity contribution in [3.05, 3.63) is 45.7 Å². The largest absolute Gasteiger partial charge is 0.206 e. The number of hydrogen-bond acceptors (Lipinski definition) is 0. The van der Waals surface area contributed by atoms with E-state index < -0.39 is 0 Å². The van der Waals surface area contributed by atoms with Crippen LogP contribution in [-0.2, 0) is 6.42 Å². The Balaban J connectivity index is 2.68. The van der Waals surface area contributed by atoms with Crippen molar-refractivity contribution in [1.29, 1.82) is 0 Å². The van der Waals surface area contributed by atoms with E-state index in [2.05, 4.69) is 44.9 Å². The van der Waals surface area contributed by atoms with Gasteiger partial charge in [-0.3, -0.25) is 0 Å². The van der Waals surface area contributed by atoms with E-state index in [1.165, 1.54) is 11.6 Å². The van der Waals surface area contributed by atoms with Crippen molar-refractivity contribution in [3.8, 4) is 0 Å². The van der Waals surface area contributed by atoms with E-state index in [1.807, 2.05) is 12.1 Å². The van der Waals surface area contributed by atoms with Crippen molar-refractivity contribution in [2.24, 2.45) is 0 Å². The summed E-state index contributed by atoms with van der Waals surface area (Å²) < 4.78 is 13.5. The lowest BCUT2D eigenvalue weighted by Gasteiger charge is -2.03. The molecule has 0 nitrogen and oxygen atoms in total. The lowest BCUT2D eigenvalue weighted by molar-refractivity contribution is 0.620. The van der Waals surface area contributed by atoms with Gasteiger partial charge in [-0.15, -0.1) is 0 Å². The summed E-state index contributed by atoms with van der Waals surface area (Å²) in [5, 5.41) is 0.984. The summed E-state index contributed by atoms with van der Waals surface area (Å²) in [5.74, 6) is -0.208. The zero-order chi connectivity index (χ0) is 11.3. The Morgan fingerprint density at radius 2 is 2.20 bits per heavy atom. The molecule has 0 amide bonds. The Kier molecular flexibility index (Phi) is 5.54. The molecule has 0 bridgehead atoms. The fraction of sp³-hybridized carbons (Fsp3) is 0.333. The van der Waals surface area contributed by atoms with E-state index in [4.69, 9.17) is 0 Å². The zero-order valence-corrected chi connectivity index (χ0v) is 11.7. The number of benzene rings is 1. The first-order valence-corrected chi connectivity index (χ1v) is 6.70. The SMILES string of the molecule is CC(=CCCBr)Cc1ccc(F)c(Br)c1. The van der Waals surface area contributed by atoms with Crippen LogP contribution in [0.1, 0.15) is 18.9 Å². The monoisotopic (exact) mass is 334 g/mol. The van der Waals surface area contributed by atoms with Gasteiger partial charge in [0.1, 0.15) is 5.82 Å². The van der Waals surface area contributed by atoms with Crippen LogP contribution in [0.15, 0.2) is 34.3 Å². The van der Waals surface area contributed by atoms with Crippen LogP contribution in [-0.4, -0.2) is 5.33 Å². The molecule has 0 aliphatic rings. The molecule has 0 atom stereocenters. The molecule has 0 saturated heterocycles. The van der Waals surface area contributed by atoms with E-state index in [-0.39, 0.29) is 5.82 Å². The van der Waals surface area contributed by atoms with Gasteiger partial charge in [-0.25, -0.2) is 4.39 Å². The fourth-order valence-electron chi connectivity index (χ4n) is 1.34. The van der Waals surface area contributed by atoms with Crippen LogP contribution in [0.3, 0.4) is 0 Å². The Labute approximate surface area is 107 Å². The summed E-state index contributed by atoms with van der Waals surface area (Å²) in [6.45, 7) is 2.10. The maximum atomic E-state index is 13.0. The smallest absolute Gasteiger partial charge is 0.137 e. The first kappa shape index (κ1) is 12.9. The van der Waals surface area contributed by atoms with Gasteiger partial charge in [0.2, 0.25) is 0 Å². The molecule has 0 radical (unpaired) electrons. The van der Waals surface area contributed by atoms with E-state index in [1.54, 1.807) is 0 Å². The van der Waals surface area contributed by atoms with Gasteiger partial charge in [-0.2, -0.15) is 0 Å². The molecule has 82 valence electrons. The molecule has 15 heavy (non-hydrogen) atoms. The predicted molar refractivity (Wildman–Crippen MR) is 70.0 cm³/mol. The summed E-state index contributed by atoms with van der Waals surface area (Å²) in [7, 11) is 0. The molecule has 0 unspecified atom stereocenters. The molecule has 1 aromatic rings. The molecule has 3 heteroatoms. The van der Waals surface area contributed by atoms with Crippen molar-refractivity contribution in [3.63, 3.8) is 0 Å². The minimum atomic E-state index is -0.208. The third-order valence-corrected chi connectivity index (χ3v) is 3.13. The maximum absolute atomic E-state index is 13.0. The van der Waals surface area contributed by atoms with Crippen molar-refractivity contribution in [2.75, 3.05) is 5.33 Å². The van der Waals surface area contributed by atoms with Crippen molar-refractivity contribution in [1.82, 2.24) is 0 Å². The molecular weight excluding hydrogens is 323 g/mol. The second-order valence-electron chi connectivity index (χ2n) is 3.45. The van der Waals surface area contributed by atoms with Gasteiger partial charge in [-0.1, -0.05) is 33.6 Å². The molecule has 1 aromatic carbocycles. The standard InChI is InChI=1S/C12H13Br2F/c1-9(3-2-6-13)7-10-4-5-12(15)11(14)8-10/h3-5,8H,2,6-7H2,1H3. The zero-order valence-electron chi connectivity index (χ0n) is 8.56. The molecule has 0 aliphatic heterocycles. The Bertz CT molecular complexity index is 359. The van der Waals surface area contributed by atoms with Gasteiger partial charge in [0.25, 0.3) is 0 Å². The Morgan fingerprint density at radius 1 is 1.47 bits per heavy atom. The molecule has 0 fully saturated rings. The van der Waals surface area contributed by atoms with Crippen LogP contribution in [0.2, 0.25) is 0 Å². The molecule has 0 aromatic heterocycles. The van der Waals surface area contributed by atoms with Crippen molar-refractivity contribution < 1.29 is 4.39 Å². The van der Waals surface area contributed by atoms with Gasteiger partial charge < -0.3 is 0 Å². The molecule has 0 N–H and O–H groups in total. The van der Waals surface area contributed by atoms with Gasteiger partial charge in [0.15, 0.2) is 0 Å². The highest BCUT2D eigenvalue weighted by Gasteiger charge is 2.00. The maximum Gasteiger partial charge on any atom is 0.137 e. The van der Waals surface area contributed by atoms with E-state index in [0.29, 0.717) is 4.47 Å².